The normalized spacial score (nSPS) is 14.2. The zero-order valence-electron chi connectivity index (χ0n) is 6.73. The molecule has 0 spiro atoms. The maximum atomic E-state index is 4.02. The van der Waals surface area contributed by atoms with Gasteiger partial charge in [-0.25, -0.2) is 0 Å². The highest BCUT2D eigenvalue weighted by atomic mass is 14.7. The van der Waals surface area contributed by atoms with Crippen molar-refractivity contribution in [3.8, 4) is 0 Å². The van der Waals surface area contributed by atoms with E-state index in [0.29, 0.717) is 0 Å². The molecule has 0 aliphatic heterocycles. The maximum absolute atomic E-state index is 4.02. The molecule has 0 amide bonds. The van der Waals surface area contributed by atoms with Crippen molar-refractivity contribution in [2.24, 2.45) is 4.99 Å². The summed E-state index contributed by atoms with van der Waals surface area (Å²) in [7, 11) is 1.81. The monoisotopic (exact) mass is 125 g/mol. The molecule has 1 heteroatoms. The number of hydrogen-bond donors (Lipinski definition) is 0. The Balaban J connectivity index is 3.95. The Kier molecular flexibility index (Phi) is 4.02. The number of nitrogens with zero attached hydrogens (tertiary/aromatic N) is 1. The van der Waals surface area contributed by atoms with Gasteiger partial charge in [0.25, 0.3) is 0 Å². The fourth-order valence-electron chi connectivity index (χ4n) is 0.523. The zero-order valence-corrected chi connectivity index (χ0v) is 6.73. The van der Waals surface area contributed by atoms with Gasteiger partial charge in [-0.15, -0.1) is 0 Å². The lowest BCUT2D eigenvalue weighted by Gasteiger charge is -1.92. The first kappa shape index (κ1) is 8.41. The quantitative estimate of drug-likeness (QED) is 0.503. The Morgan fingerprint density at radius 1 is 1.44 bits per heavy atom. The van der Waals surface area contributed by atoms with Crippen molar-refractivity contribution in [2.75, 3.05) is 7.05 Å². The molecule has 0 atom stereocenters. The third-order valence-corrected chi connectivity index (χ3v) is 1.37. The summed E-state index contributed by atoms with van der Waals surface area (Å²) >= 11 is 0. The second-order valence-corrected chi connectivity index (χ2v) is 2.21. The average Bonchev–Trinajstić information content (AvgIpc) is 1.87. The Bertz CT molecular complexity index is 132. The van der Waals surface area contributed by atoms with Gasteiger partial charge in [-0.3, -0.25) is 4.99 Å². The van der Waals surface area contributed by atoms with Crippen molar-refractivity contribution >= 4 is 5.71 Å². The number of hydrogen-bond acceptors (Lipinski definition) is 1. The SMILES string of the molecule is CC/C(C)=C\C(C)=NC. The van der Waals surface area contributed by atoms with E-state index in [1.54, 1.807) is 0 Å². The van der Waals surface area contributed by atoms with Crippen molar-refractivity contribution in [3.63, 3.8) is 0 Å². The van der Waals surface area contributed by atoms with E-state index in [2.05, 4.69) is 24.9 Å². The van der Waals surface area contributed by atoms with Gasteiger partial charge in [0.05, 0.1) is 0 Å². The summed E-state index contributed by atoms with van der Waals surface area (Å²) in [5.41, 5.74) is 2.49. The molecule has 0 rings (SSSR count). The van der Waals surface area contributed by atoms with Crippen molar-refractivity contribution in [1.29, 1.82) is 0 Å². The first-order chi connectivity index (χ1) is 4.20. The average molecular weight is 125 g/mol. The van der Waals surface area contributed by atoms with Gasteiger partial charge in [0, 0.05) is 12.8 Å². The van der Waals surface area contributed by atoms with Gasteiger partial charge in [0.15, 0.2) is 0 Å². The molecule has 0 heterocycles. The first-order valence-electron chi connectivity index (χ1n) is 3.31. The molecular formula is C8H15N. The summed E-state index contributed by atoms with van der Waals surface area (Å²) in [5.74, 6) is 0. The van der Waals surface area contributed by atoms with E-state index in [1.165, 1.54) is 5.57 Å². The maximum Gasteiger partial charge on any atom is 0.0313 e. The third-order valence-electron chi connectivity index (χ3n) is 1.37. The van der Waals surface area contributed by atoms with Crippen LogP contribution in [0.25, 0.3) is 0 Å². The highest BCUT2D eigenvalue weighted by Crippen LogP contribution is 1.97. The van der Waals surface area contributed by atoms with E-state index in [0.717, 1.165) is 12.1 Å². The summed E-state index contributed by atoms with van der Waals surface area (Å²) in [5, 5.41) is 0. The van der Waals surface area contributed by atoms with Crippen LogP contribution in [0.4, 0.5) is 0 Å². The third kappa shape index (κ3) is 3.95. The summed E-state index contributed by atoms with van der Waals surface area (Å²) in [6.07, 6.45) is 3.23. The molecule has 0 aliphatic carbocycles. The molecule has 0 aliphatic rings. The van der Waals surface area contributed by atoms with Crippen molar-refractivity contribution in [2.45, 2.75) is 27.2 Å². The number of rotatable bonds is 2. The van der Waals surface area contributed by atoms with Gasteiger partial charge >= 0.3 is 0 Å². The van der Waals surface area contributed by atoms with Crippen LogP contribution >= 0.6 is 0 Å². The van der Waals surface area contributed by atoms with Crippen molar-refractivity contribution < 1.29 is 0 Å². The Morgan fingerprint density at radius 3 is 2.33 bits per heavy atom. The molecular weight excluding hydrogens is 110 g/mol. The van der Waals surface area contributed by atoms with E-state index in [1.807, 2.05) is 14.0 Å². The van der Waals surface area contributed by atoms with Crippen LogP contribution in [0, 0.1) is 0 Å². The highest BCUT2D eigenvalue weighted by molar-refractivity contribution is 5.93. The predicted molar refractivity (Wildman–Crippen MR) is 43.1 cm³/mol. The topological polar surface area (TPSA) is 12.4 Å². The van der Waals surface area contributed by atoms with Crippen LogP contribution < -0.4 is 0 Å². The van der Waals surface area contributed by atoms with Crippen LogP contribution in [0.5, 0.6) is 0 Å². The molecule has 0 aromatic carbocycles. The number of aliphatic imine (C=N–C) groups is 1. The van der Waals surface area contributed by atoms with Crippen LogP contribution in [-0.4, -0.2) is 12.8 Å². The van der Waals surface area contributed by atoms with Crippen LogP contribution in [0.2, 0.25) is 0 Å². The summed E-state index contributed by atoms with van der Waals surface area (Å²) in [6, 6.07) is 0. The van der Waals surface area contributed by atoms with E-state index in [-0.39, 0.29) is 0 Å². The second kappa shape index (κ2) is 4.30. The van der Waals surface area contributed by atoms with Crippen LogP contribution in [0.1, 0.15) is 27.2 Å². The molecule has 0 N–H and O–H groups in total. The highest BCUT2D eigenvalue weighted by Gasteiger charge is 1.83. The van der Waals surface area contributed by atoms with Crippen LogP contribution in [0.3, 0.4) is 0 Å². The lowest BCUT2D eigenvalue weighted by Crippen LogP contribution is -1.85. The minimum absolute atomic E-state index is 1.11. The molecule has 0 saturated heterocycles. The van der Waals surface area contributed by atoms with Gasteiger partial charge in [0.2, 0.25) is 0 Å². The van der Waals surface area contributed by atoms with Gasteiger partial charge in [-0.1, -0.05) is 12.5 Å². The second-order valence-electron chi connectivity index (χ2n) is 2.21. The Morgan fingerprint density at radius 2 is 2.00 bits per heavy atom. The molecule has 9 heavy (non-hydrogen) atoms. The lowest BCUT2D eigenvalue weighted by molar-refractivity contribution is 1.10. The van der Waals surface area contributed by atoms with E-state index in [9.17, 15) is 0 Å². The minimum atomic E-state index is 1.11. The van der Waals surface area contributed by atoms with E-state index in [4.69, 9.17) is 0 Å². The zero-order chi connectivity index (χ0) is 7.28. The van der Waals surface area contributed by atoms with Gasteiger partial charge in [-0.05, 0) is 26.3 Å². The molecule has 0 aromatic heterocycles. The molecule has 0 unspecified atom stereocenters. The Hall–Kier alpha value is -0.590. The standard InChI is InChI=1S/C8H15N/c1-5-7(2)6-8(3)9-4/h6H,5H2,1-4H3/b7-6-,9-8?. The molecule has 1 nitrogen and oxygen atoms in total. The fourth-order valence-corrected chi connectivity index (χ4v) is 0.523. The van der Waals surface area contributed by atoms with Gasteiger partial charge in [0.1, 0.15) is 0 Å². The van der Waals surface area contributed by atoms with Crippen molar-refractivity contribution in [1.82, 2.24) is 0 Å². The van der Waals surface area contributed by atoms with Crippen LogP contribution in [-0.2, 0) is 0 Å². The summed E-state index contributed by atoms with van der Waals surface area (Å²) < 4.78 is 0. The van der Waals surface area contributed by atoms with E-state index < -0.39 is 0 Å². The lowest BCUT2D eigenvalue weighted by atomic mass is 10.2. The van der Waals surface area contributed by atoms with Crippen LogP contribution in [0.15, 0.2) is 16.6 Å². The molecule has 0 radical (unpaired) electrons. The Labute approximate surface area is 57.5 Å². The smallest absolute Gasteiger partial charge is 0.0313 e. The molecule has 0 bridgehead atoms. The van der Waals surface area contributed by atoms with Gasteiger partial charge < -0.3 is 0 Å². The number of allylic oxidation sites excluding steroid dienone is 2. The largest absolute Gasteiger partial charge is 0.293 e. The van der Waals surface area contributed by atoms with Gasteiger partial charge in [-0.2, -0.15) is 0 Å². The predicted octanol–water partition coefficient (Wildman–Crippen LogP) is 2.43. The van der Waals surface area contributed by atoms with Crippen molar-refractivity contribution in [3.05, 3.63) is 11.6 Å². The van der Waals surface area contributed by atoms with E-state index >= 15 is 0 Å². The summed E-state index contributed by atoms with van der Waals surface area (Å²) in [6.45, 7) is 6.28. The molecule has 0 saturated carbocycles. The minimum Gasteiger partial charge on any atom is -0.293 e. The summed E-state index contributed by atoms with van der Waals surface area (Å²) in [4.78, 5) is 4.02. The fraction of sp³-hybridized carbons (Fsp3) is 0.625. The molecule has 52 valence electrons. The first-order valence-corrected chi connectivity index (χ1v) is 3.31. The molecule has 0 fully saturated rings. The molecule has 0 aromatic rings.